The van der Waals surface area contributed by atoms with Gasteiger partial charge in [-0.25, -0.2) is 0 Å². The molecule has 8 amide bonds. The lowest BCUT2D eigenvalue weighted by molar-refractivity contribution is -0.270. The van der Waals surface area contributed by atoms with Crippen molar-refractivity contribution in [3.63, 3.8) is 0 Å². The van der Waals surface area contributed by atoms with Crippen LogP contribution in [0.4, 0.5) is 0 Å². The number of aromatic hydroxyl groups is 1. The van der Waals surface area contributed by atoms with E-state index in [0.717, 1.165) is 82.8 Å². The van der Waals surface area contributed by atoms with Crippen molar-refractivity contribution >= 4 is 70.5 Å². The fourth-order valence-electron chi connectivity index (χ4n) is 17.5. The van der Waals surface area contributed by atoms with Crippen LogP contribution in [0, 0.1) is 29.6 Å². The Labute approximate surface area is 655 Å². The second-order valence-corrected chi connectivity index (χ2v) is 32.1. The average Bonchev–Trinajstić information content (AvgIpc) is 1.54. The van der Waals surface area contributed by atoms with Crippen molar-refractivity contribution in [2.45, 2.75) is 208 Å². The van der Waals surface area contributed by atoms with Gasteiger partial charge in [-0.05, 0) is 176 Å². The van der Waals surface area contributed by atoms with Crippen LogP contribution in [0.5, 0.6) is 34.5 Å². The number of hydrogen-bond acceptors (Lipinski definition) is 23. The van der Waals surface area contributed by atoms with Gasteiger partial charge < -0.3 is 119 Å². The molecule has 6 aliphatic heterocycles. The second-order valence-electron chi connectivity index (χ2n) is 31.3. The molecular formula is C79H97Cl2N11O20. The van der Waals surface area contributed by atoms with E-state index in [1.807, 2.05) is 13.8 Å². The van der Waals surface area contributed by atoms with E-state index in [4.69, 9.17) is 53.6 Å². The highest BCUT2D eigenvalue weighted by Crippen LogP contribution is 2.56. The summed E-state index contributed by atoms with van der Waals surface area (Å²) in [5.74, 6) is -13.9. The zero-order chi connectivity index (χ0) is 80.0. The minimum Gasteiger partial charge on any atom is -0.508 e. The fourth-order valence-corrected chi connectivity index (χ4v) is 18.0. The summed E-state index contributed by atoms with van der Waals surface area (Å²) in [6.45, 7) is 5.67. The summed E-state index contributed by atoms with van der Waals surface area (Å²) in [5, 5.41) is 122. The lowest BCUT2D eigenvalue weighted by Gasteiger charge is -2.54. The summed E-state index contributed by atoms with van der Waals surface area (Å²) in [6, 6.07) is 0.826. The Hall–Kier alpha value is -8.80. The number of fused-ring (bicyclic) bond motifs is 12. The number of primary amides is 1. The molecule has 602 valence electrons. The van der Waals surface area contributed by atoms with Gasteiger partial charge >= 0.3 is 0 Å². The first-order valence-electron chi connectivity index (χ1n) is 38.3. The SMILES string of the molecule is CCCCCCCCNCc1c(O)cc2c3c1C(O)(O)c1ccc(cc1-3)C1NC(=O)C3NC(=O)C(CC(N)=O)NC(=O)C(NC(=O)C(CC(C)C)NC)C(O)c4ccc(c(Cl)c4)Oc4cc3cc(c4OC3OC(CN)C(O)C(O)C3O)Oc3ccc(cc3Cl)C(O)C(NC1=O)C(=O)N[C@@H]2C(=O)NC1C2CC3CC(C2)CC1C3. The third-order valence-electron chi connectivity index (χ3n) is 23.1. The quantitative estimate of drug-likeness (QED) is 0.0370. The van der Waals surface area contributed by atoms with E-state index in [1.165, 1.54) is 67.7 Å². The number of carbonyl (C=O) groups is 8. The highest BCUT2D eigenvalue weighted by atomic mass is 35.5. The Morgan fingerprint density at radius 2 is 1.28 bits per heavy atom. The smallest absolute Gasteiger partial charge is 0.248 e. The third-order valence-corrected chi connectivity index (χ3v) is 23.7. The molecule has 11 aliphatic rings. The molecule has 0 aromatic heterocycles. The standard InChI is InChI=1S/C79H97Cl2N11O20/c1-5-6-7-8-9-10-17-85-32-44-50(93)29-43-57-42-24-36(11-14-45(42)79(107,108)58(44)57)60-73(102)92-64(77(106)90-62(43)75(104)87-59-39-20-34-19-35(22-39)23-40(59)21-34)66(96)38-13-16-52(47(81)26-38)110-54-28-41-27-53(70(54)112-78-69(99)68(98)67(97)55(31-82)111-78)109-51-15-12-37(25-46(51)80)65(95)63(91-71(100)48(84-4)18-33(2)3)76(105)86-49(30-56(83)94)72(101)88-61(41)74(103)89-60/h11-16,24-29,33-35,39-40,48-49,55,59-69,78,84-85,93,95-99,107-108H,5-10,17-23,30-32,82H2,1-4H3,(H2,83,94)(H,86,105)(H,87,104)(H,88,101)(H,89,103)(H,90,106)(H,91,100)(H,92,102)/t34?,35?,39?,40?,48?,49?,55?,59?,60?,61?,62-,63?,64?,65?,66?,67?,68?,69?,78?/m0/s1. The molecule has 16 rings (SSSR count). The van der Waals surface area contributed by atoms with E-state index >= 15 is 24.0 Å². The molecule has 31 nitrogen and oxygen atoms in total. The Morgan fingerprint density at radius 1 is 0.670 bits per heavy atom. The maximum Gasteiger partial charge on any atom is 0.248 e. The fraction of sp³-hybridized carbons (Fsp3) is 0.519. The summed E-state index contributed by atoms with van der Waals surface area (Å²) < 4.78 is 25.6. The third kappa shape index (κ3) is 16.5. The molecule has 5 aliphatic carbocycles. The van der Waals surface area contributed by atoms with Gasteiger partial charge in [-0.15, -0.1) is 0 Å². The van der Waals surface area contributed by atoms with Crippen LogP contribution in [-0.2, 0) is 55.4 Å². The second kappa shape index (κ2) is 33.7. The summed E-state index contributed by atoms with van der Waals surface area (Å²) in [4.78, 5) is 122. The summed E-state index contributed by atoms with van der Waals surface area (Å²) in [6.07, 6.45) is -3.84. The molecular weight excluding hydrogens is 1490 g/mol. The zero-order valence-corrected chi connectivity index (χ0v) is 63.7. The van der Waals surface area contributed by atoms with Crippen LogP contribution in [0.25, 0.3) is 11.1 Å². The molecule has 13 unspecified atom stereocenters. The number of carbonyl (C=O) groups excluding carboxylic acids is 8. The van der Waals surface area contributed by atoms with Gasteiger partial charge in [0.05, 0.1) is 22.5 Å². The Balaban J connectivity index is 1.01. The van der Waals surface area contributed by atoms with Crippen molar-refractivity contribution in [2.75, 3.05) is 20.1 Å². The first kappa shape index (κ1) is 81.2. The monoisotopic (exact) mass is 1590 g/mol. The molecule has 5 fully saturated rings. The molecule has 5 aromatic rings. The number of likely N-dealkylation sites (N-methyl/N-ethyl adjacent to an activating group) is 1. The number of amides is 8. The highest BCUT2D eigenvalue weighted by Gasteiger charge is 2.53. The number of unbranched alkanes of at least 4 members (excludes halogenated alkanes) is 5. The molecule has 21 N–H and O–H groups in total. The van der Waals surface area contributed by atoms with Gasteiger partial charge in [0.25, 0.3) is 0 Å². The highest BCUT2D eigenvalue weighted by molar-refractivity contribution is 6.32. The van der Waals surface area contributed by atoms with E-state index in [0.29, 0.717) is 18.4 Å². The maximum absolute atomic E-state index is 16.4. The minimum atomic E-state index is -2.99. The number of aliphatic hydroxyl groups excluding tert-OH is 5. The van der Waals surface area contributed by atoms with E-state index in [1.54, 1.807) is 0 Å². The largest absolute Gasteiger partial charge is 0.508 e. The molecule has 6 heterocycles. The Kier molecular flexibility index (Phi) is 24.4. The number of aliphatic hydroxyl groups is 7. The van der Waals surface area contributed by atoms with E-state index in [2.05, 4.69) is 54.8 Å². The Bertz CT molecular complexity index is 4440. The maximum atomic E-state index is 16.4. The van der Waals surface area contributed by atoms with Gasteiger partial charge in [0.2, 0.25) is 65.1 Å². The molecule has 4 saturated carbocycles. The van der Waals surface area contributed by atoms with Crippen LogP contribution in [0.3, 0.4) is 0 Å². The molecule has 5 aromatic carbocycles. The molecule has 1 saturated heterocycles. The average molecular weight is 1590 g/mol. The normalized spacial score (nSPS) is 29.2. The van der Waals surface area contributed by atoms with Gasteiger partial charge in [0, 0.05) is 35.8 Å². The van der Waals surface area contributed by atoms with Crippen LogP contribution in [0.1, 0.15) is 179 Å². The van der Waals surface area contributed by atoms with Crippen LogP contribution in [-0.4, -0.2) is 169 Å². The lowest BCUT2D eigenvalue weighted by Crippen LogP contribution is -2.60. The first-order valence-corrected chi connectivity index (χ1v) is 39.0. The van der Waals surface area contributed by atoms with E-state index < -0.39 is 180 Å². The van der Waals surface area contributed by atoms with Crippen molar-refractivity contribution in [1.29, 1.82) is 0 Å². The van der Waals surface area contributed by atoms with Crippen molar-refractivity contribution in [1.82, 2.24) is 47.9 Å². The molecule has 33 heteroatoms. The van der Waals surface area contributed by atoms with Crippen LogP contribution in [0.2, 0.25) is 10.0 Å². The first-order chi connectivity index (χ1) is 53.4. The number of nitrogens with one attached hydrogen (secondary N) is 9. The van der Waals surface area contributed by atoms with Crippen molar-refractivity contribution in [3.05, 3.63) is 127 Å². The molecule has 14 atom stereocenters. The van der Waals surface area contributed by atoms with Crippen molar-refractivity contribution in [3.8, 4) is 45.6 Å². The van der Waals surface area contributed by atoms with Gasteiger partial charge in [0.15, 0.2) is 11.5 Å². The van der Waals surface area contributed by atoms with Crippen LogP contribution >= 0.6 is 23.2 Å². The number of phenols is 1. The lowest BCUT2D eigenvalue weighted by atomic mass is 9.54. The van der Waals surface area contributed by atoms with Crippen LogP contribution < -0.4 is 73.5 Å². The van der Waals surface area contributed by atoms with Crippen LogP contribution in [0.15, 0.2) is 72.8 Å². The number of hydrogen-bond donors (Lipinski definition) is 19. The number of rotatable bonds is 21. The summed E-state index contributed by atoms with van der Waals surface area (Å²) in [7, 11) is 1.50. The number of halogens is 2. The van der Waals surface area contributed by atoms with Gasteiger partial charge in [-0.3, -0.25) is 38.4 Å². The summed E-state index contributed by atoms with van der Waals surface area (Å²) in [5.41, 5.74) is 10.2. The van der Waals surface area contributed by atoms with Gasteiger partial charge in [-0.1, -0.05) is 100 Å². The minimum absolute atomic E-state index is 0.00634. The van der Waals surface area contributed by atoms with E-state index in [-0.39, 0.29) is 108 Å². The number of nitrogens with two attached hydrogens (primary N) is 2. The molecule has 112 heavy (non-hydrogen) atoms. The van der Waals surface area contributed by atoms with E-state index in [9.17, 15) is 55.2 Å². The predicted octanol–water partition coefficient (Wildman–Crippen LogP) is 3.23. The number of ether oxygens (including phenoxy) is 4. The number of benzene rings is 5. The summed E-state index contributed by atoms with van der Waals surface area (Å²) >= 11 is 14.3. The van der Waals surface area contributed by atoms with Gasteiger partial charge in [0.1, 0.15) is 90.1 Å². The van der Waals surface area contributed by atoms with Crippen molar-refractivity contribution < 1.29 is 98.2 Å². The molecule has 0 spiro atoms. The van der Waals surface area contributed by atoms with Gasteiger partial charge in [-0.2, -0.15) is 0 Å². The molecule has 0 radical (unpaired) electrons. The Morgan fingerprint density at radius 3 is 1.89 bits per heavy atom. The van der Waals surface area contributed by atoms with Crippen molar-refractivity contribution in [2.24, 2.45) is 41.1 Å². The molecule has 15 bridgehead atoms. The number of phenolic OH excluding ortho intramolecular Hbond substituents is 1. The topological polar surface area (TPSA) is 496 Å². The predicted molar refractivity (Wildman–Crippen MR) is 403 cm³/mol. The zero-order valence-electron chi connectivity index (χ0n) is 62.2.